The zero-order valence-electron chi connectivity index (χ0n) is 15.0. The molecule has 2 aromatic rings. The Morgan fingerprint density at radius 3 is 2.48 bits per heavy atom. The molecular formula is C19H20N2O6. The molecule has 0 bridgehead atoms. The number of methoxy groups -OCH3 is 1. The van der Waals surface area contributed by atoms with Crippen LogP contribution in [0.5, 0.6) is 5.75 Å². The highest BCUT2D eigenvalue weighted by Gasteiger charge is 2.22. The van der Waals surface area contributed by atoms with E-state index in [1.54, 1.807) is 24.3 Å². The molecule has 1 amide bonds. The Labute approximate surface area is 155 Å². The standard InChI is InChI=1S/C19H20N2O6/c1-12-16(21(25)26)10-14(11-17(12)27-2)19(24)20-15(8-9-18(22)23)13-6-4-3-5-7-13/h3-7,10-11,15H,8-9H2,1-2H3,(H,20,24)(H,22,23). The number of amides is 1. The van der Waals surface area contributed by atoms with Gasteiger partial charge in [-0.15, -0.1) is 0 Å². The number of carbonyl (C=O) groups is 2. The van der Waals surface area contributed by atoms with Gasteiger partial charge in [-0.05, 0) is 25.0 Å². The summed E-state index contributed by atoms with van der Waals surface area (Å²) in [6, 6.07) is 11.0. The molecule has 142 valence electrons. The van der Waals surface area contributed by atoms with Gasteiger partial charge in [0.1, 0.15) is 5.75 Å². The molecule has 2 aromatic carbocycles. The average molecular weight is 372 g/mol. The van der Waals surface area contributed by atoms with Crippen molar-refractivity contribution in [2.45, 2.75) is 25.8 Å². The largest absolute Gasteiger partial charge is 0.496 e. The van der Waals surface area contributed by atoms with E-state index in [9.17, 15) is 19.7 Å². The van der Waals surface area contributed by atoms with Crippen molar-refractivity contribution < 1.29 is 24.4 Å². The zero-order valence-corrected chi connectivity index (χ0v) is 15.0. The molecule has 8 heteroatoms. The van der Waals surface area contributed by atoms with Crippen LogP contribution in [0.3, 0.4) is 0 Å². The Balaban J connectivity index is 2.33. The lowest BCUT2D eigenvalue weighted by atomic mass is 10.0. The van der Waals surface area contributed by atoms with Crippen molar-refractivity contribution in [1.29, 1.82) is 0 Å². The first-order valence-electron chi connectivity index (χ1n) is 8.24. The number of rotatable bonds is 8. The van der Waals surface area contributed by atoms with Crippen LogP contribution < -0.4 is 10.1 Å². The number of nitro groups is 1. The van der Waals surface area contributed by atoms with Gasteiger partial charge in [-0.2, -0.15) is 0 Å². The van der Waals surface area contributed by atoms with Crippen LogP contribution in [0.15, 0.2) is 42.5 Å². The van der Waals surface area contributed by atoms with Crippen LogP contribution in [0.2, 0.25) is 0 Å². The minimum Gasteiger partial charge on any atom is -0.496 e. The molecular weight excluding hydrogens is 352 g/mol. The third-order valence-electron chi connectivity index (χ3n) is 4.17. The van der Waals surface area contributed by atoms with Gasteiger partial charge in [-0.1, -0.05) is 30.3 Å². The predicted octanol–water partition coefficient (Wildman–Crippen LogP) is 3.25. The molecule has 27 heavy (non-hydrogen) atoms. The van der Waals surface area contributed by atoms with Gasteiger partial charge in [-0.3, -0.25) is 19.7 Å². The van der Waals surface area contributed by atoms with Crippen molar-refractivity contribution in [2.24, 2.45) is 0 Å². The normalized spacial score (nSPS) is 11.5. The van der Waals surface area contributed by atoms with E-state index >= 15 is 0 Å². The first-order chi connectivity index (χ1) is 12.8. The maximum atomic E-state index is 12.7. The first kappa shape index (κ1) is 19.9. The third-order valence-corrected chi connectivity index (χ3v) is 4.17. The number of carboxylic acids is 1. The Bertz CT molecular complexity index is 851. The second-order valence-electron chi connectivity index (χ2n) is 5.95. The van der Waals surface area contributed by atoms with E-state index in [1.807, 2.05) is 6.07 Å². The summed E-state index contributed by atoms with van der Waals surface area (Å²) in [4.78, 5) is 34.3. The number of hydrogen-bond acceptors (Lipinski definition) is 5. The summed E-state index contributed by atoms with van der Waals surface area (Å²) >= 11 is 0. The van der Waals surface area contributed by atoms with E-state index in [4.69, 9.17) is 9.84 Å². The van der Waals surface area contributed by atoms with Gasteiger partial charge < -0.3 is 15.2 Å². The molecule has 2 N–H and O–H groups in total. The molecule has 0 fully saturated rings. The molecule has 0 spiro atoms. The van der Waals surface area contributed by atoms with Crippen molar-refractivity contribution in [2.75, 3.05) is 7.11 Å². The summed E-state index contributed by atoms with van der Waals surface area (Å²) in [5.74, 6) is -1.29. The van der Waals surface area contributed by atoms with Crippen LogP contribution in [0, 0.1) is 17.0 Å². The van der Waals surface area contributed by atoms with E-state index < -0.39 is 22.8 Å². The highest BCUT2D eigenvalue weighted by atomic mass is 16.6. The van der Waals surface area contributed by atoms with Gasteiger partial charge in [0.05, 0.1) is 23.6 Å². The fraction of sp³-hybridized carbons (Fsp3) is 0.263. The summed E-state index contributed by atoms with van der Waals surface area (Å²) < 4.78 is 5.13. The van der Waals surface area contributed by atoms with Crippen molar-refractivity contribution in [3.63, 3.8) is 0 Å². The zero-order chi connectivity index (χ0) is 20.0. The molecule has 1 atom stereocenters. The van der Waals surface area contributed by atoms with E-state index in [0.29, 0.717) is 5.56 Å². The molecule has 0 aliphatic heterocycles. The van der Waals surface area contributed by atoms with Gasteiger partial charge in [0, 0.05) is 18.1 Å². The Morgan fingerprint density at radius 1 is 1.26 bits per heavy atom. The monoisotopic (exact) mass is 372 g/mol. The van der Waals surface area contributed by atoms with Gasteiger partial charge in [-0.25, -0.2) is 0 Å². The van der Waals surface area contributed by atoms with E-state index in [2.05, 4.69) is 5.32 Å². The maximum absolute atomic E-state index is 12.7. The number of hydrogen-bond donors (Lipinski definition) is 2. The van der Waals surface area contributed by atoms with Crippen LogP contribution in [0.25, 0.3) is 0 Å². The molecule has 0 heterocycles. The number of ether oxygens (including phenoxy) is 1. The van der Waals surface area contributed by atoms with Gasteiger partial charge in [0.15, 0.2) is 0 Å². The second kappa shape index (κ2) is 8.79. The molecule has 0 aromatic heterocycles. The summed E-state index contributed by atoms with van der Waals surface area (Å²) in [6.45, 7) is 1.54. The second-order valence-corrected chi connectivity index (χ2v) is 5.95. The number of nitrogens with one attached hydrogen (secondary N) is 1. The number of carboxylic acid groups (broad SMARTS) is 1. The molecule has 1 unspecified atom stereocenters. The van der Waals surface area contributed by atoms with Crippen molar-refractivity contribution in [3.8, 4) is 5.75 Å². The fourth-order valence-corrected chi connectivity index (χ4v) is 2.72. The molecule has 2 rings (SSSR count). The predicted molar refractivity (Wildman–Crippen MR) is 97.9 cm³/mol. The molecule has 0 radical (unpaired) electrons. The molecule has 0 saturated heterocycles. The Morgan fingerprint density at radius 2 is 1.93 bits per heavy atom. The average Bonchev–Trinajstić information content (AvgIpc) is 2.65. The lowest BCUT2D eigenvalue weighted by molar-refractivity contribution is -0.385. The van der Waals surface area contributed by atoms with Crippen LogP contribution >= 0.6 is 0 Å². The number of nitrogens with zero attached hydrogens (tertiary/aromatic N) is 1. The minimum atomic E-state index is -0.974. The number of carbonyl (C=O) groups excluding carboxylic acids is 1. The molecule has 0 aliphatic rings. The van der Waals surface area contributed by atoms with Crippen molar-refractivity contribution >= 4 is 17.6 Å². The van der Waals surface area contributed by atoms with Gasteiger partial charge in [0.25, 0.3) is 11.6 Å². The fourth-order valence-electron chi connectivity index (χ4n) is 2.72. The van der Waals surface area contributed by atoms with E-state index in [1.165, 1.54) is 26.2 Å². The third kappa shape index (κ3) is 5.04. The minimum absolute atomic E-state index is 0.0698. The molecule has 8 nitrogen and oxygen atoms in total. The SMILES string of the molecule is COc1cc(C(=O)NC(CCC(=O)O)c2ccccc2)cc([N+](=O)[O-])c1C. The van der Waals surface area contributed by atoms with E-state index in [-0.39, 0.29) is 29.8 Å². The van der Waals surface area contributed by atoms with Crippen LogP contribution in [-0.2, 0) is 4.79 Å². The maximum Gasteiger partial charge on any atom is 0.303 e. The van der Waals surface area contributed by atoms with E-state index in [0.717, 1.165) is 5.56 Å². The highest BCUT2D eigenvalue weighted by molar-refractivity contribution is 5.96. The lowest BCUT2D eigenvalue weighted by Crippen LogP contribution is -2.29. The summed E-state index contributed by atoms with van der Waals surface area (Å²) in [6.07, 6.45) is 0.0629. The van der Waals surface area contributed by atoms with Crippen LogP contribution in [0.4, 0.5) is 5.69 Å². The van der Waals surface area contributed by atoms with Crippen LogP contribution in [0.1, 0.15) is 40.4 Å². The smallest absolute Gasteiger partial charge is 0.303 e. The summed E-state index contributed by atoms with van der Waals surface area (Å²) in [5.41, 5.74) is 0.923. The number of nitro benzene ring substituents is 1. The number of benzene rings is 2. The molecule has 0 aliphatic carbocycles. The Kier molecular flexibility index (Phi) is 6.48. The summed E-state index contributed by atoms with van der Waals surface area (Å²) in [5, 5.41) is 23.0. The summed E-state index contributed by atoms with van der Waals surface area (Å²) in [7, 11) is 1.37. The van der Waals surface area contributed by atoms with Gasteiger partial charge in [0.2, 0.25) is 0 Å². The topological polar surface area (TPSA) is 119 Å². The lowest BCUT2D eigenvalue weighted by Gasteiger charge is -2.19. The van der Waals surface area contributed by atoms with Crippen molar-refractivity contribution in [1.82, 2.24) is 5.32 Å². The highest BCUT2D eigenvalue weighted by Crippen LogP contribution is 2.30. The Hall–Kier alpha value is -3.42. The quantitative estimate of drug-likeness (QED) is 0.542. The number of aliphatic carboxylic acids is 1. The first-order valence-corrected chi connectivity index (χ1v) is 8.24. The van der Waals surface area contributed by atoms with Gasteiger partial charge >= 0.3 is 5.97 Å². The van der Waals surface area contributed by atoms with Crippen LogP contribution in [-0.4, -0.2) is 29.0 Å². The molecule has 0 saturated carbocycles. The van der Waals surface area contributed by atoms with Crippen molar-refractivity contribution in [3.05, 3.63) is 69.3 Å².